The van der Waals surface area contributed by atoms with Crippen LogP contribution in [0.5, 0.6) is 5.75 Å². The topological polar surface area (TPSA) is 21.3 Å². The first-order valence-electron chi connectivity index (χ1n) is 7.47. The van der Waals surface area contributed by atoms with Crippen LogP contribution in [0.2, 0.25) is 0 Å². The summed E-state index contributed by atoms with van der Waals surface area (Å²) < 4.78 is 5.47. The first kappa shape index (κ1) is 14.4. The minimum atomic E-state index is 0.668. The smallest absolute Gasteiger partial charge is 0.122 e. The van der Waals surface area contributed by atoms with Crippen LogP contribution in [0.4, 0.5) is 0 Å². The highest BCUT2D eigenvalue weighted by Gasteiger charge is 2.22. The lowest BCUT2D eigenvalue weighted by Crippen LogP contribution is -2.27. The van der Waals surface area contributed by atoms with Gasteiger partial charge >= 0.3 is 0 Å². The molecule has 0 aromatic heterocycles. The van der Waals surface area contributed by atoms with Gasteiger partial charge < -0.3 is 10.1 Å². The van der Waals surface area contributed by atoms with Crippen molar-refractivity contribution in [2.24, 2.45) is 11.8 Å². The highest BCUT2D eigenvalue weighted by atomic mass is 16.5. The van der Waals surface area contributed by atoms with Gasteiger partial charge in [0.05, 0.1) is 7.11 Å². The van der Waals surface area contributed by atoms with Crippen molar-refractivity contribution in [3.05, 3.63) is 29.3 Å². The maximum absolute atomic E-state index is 5.47. The maximum Gasteiger partial charge on any atom is 0.122 e. The third-order valence-electron chi connectivity index (χ3n) is 4.26. The summed E-state index contributed by atoms with van der Waals surface area (Å²) in [6.07, 6.45) is 3.83. The zero-order chi connectivity index (χ0) is 13.8. The van der Waals surface area contributed by atoms with Crippen molar-refractivity contribution in [3.63, 3.8) is 0 Å². The molecule has 2 nitrogen and oxygen atoms in total. The van der Waals surface area contributed by atoms with Crippen molar-refractivity contribution in [1.82, 2.24) is 5.32 Å². The molecule has 1 fully saturated rings. The van der Waals surface area contributed by atoms with E-state index in [-0.39, 0.29) is 0 Å². The van der Waals surface area contributed by atoms with E-state index in [0.717, 1.165) is 24.8 Å². The number of rotatable bonds is 7. The molecule has 0 radical (unpaired) electrons. The fraction of sp³-hybridized carbons (Fsp3) is 0.647. The zero-order valence-corrected chi connectivity index (χ0v) is 12.7. The highest BCUT2D eigenvalue weighted by Crippen LogP contribution is 2.26. The summed E-state index contributed by atoms with van der Waals surface area (Å²) in [4.78, 5) is 0. The molecule has 1 aromatic rings. The van der Waals surface area contributed by atoms with Gasteiger partial charge in [0.15, 0.2) is 0 Å². The summed E-state index contributed by atoms with van der Waals surface area (Å²) in [5.74, 6) is 2.40. The molecule has 1 aliphatic rings. The average molecular weight is 261 g/mol. The predicted octanol–water partition coefficient (Wildman–Crippen LogP) is 3.57. The van der Waals surface area contributed by atoms with Crippen LogP contribution in [0.15, 0.2) is 18.2 Å². The molecular weight excluding hydrogens is 234 g/mol. The van der Waals surface area contributed by atoms with Gasteiger partial charge in [-0.3, -0.25) is 0 Å². The number of benzene rings is 1. The second-order valence-corrected chi connectivity index (χ2v) is 6.16. The molecule has 1 aliphatic carbocycles. The lowest BCUT2D eigenvalue weighted by atomic mass is 9.89. The number of hydrogen-bond acceptors (Lipinski definition) is 2. The van der Waals surface area contributed by atoms with Crippen molar-refractivity contribution in [2.75, 3.05) is 13.7 Å². The molecule has 0 heterocycles. The molecular formula is C17H27NO. The van der Waals surface area contributed by atoms with E-state index in [2.05, 4.69) is 44.3 Å². The van der Waals surface area contributed by atoms with E-state index in [0.29, 0.717) is 11.8 Å². The molecule has 106 valence electrons. The summed E-state index contributed by atoms with van der Waals surface area (Å²) in [6, 6.07) is 7.27. The number of hydrogen-bond donors (Lipinski definition) is 1. The molecule has 0 amide bonds. The molecule has 2 unspecified atom stereocenters. The Balaban J connectivity index is 1.92. The highest BCUT2D eigenvalue weighted by molar-refractivity contribution is 5.37. The Hall–Kier alpha value is -1.02. The summed E-state index contributed by atoms with van der Waals surface area (Å²) in [5.41, 5.74) is 2.65. The van der Waals surface area contributed by atoms with Gasteiger partial charge in [-0.15, -0.1) is 0 Å². The number of ether oxygens (including phenoxy) is 1. The van der Waals surface area contributed by atoms with Crippen molar-refractivity contribution in [2.45, 2.75) is 46.1 Å². The Bertz CT molecular complexity index is 412. The molecule has 0 spiro atoms. The van der Waals surface area contributed by atoms with Crippen molar-refractivity contribution < 1.29 is 4.74 Å². The standard InChI is InChI=1S/C17H27NO/c1-12-5-8-17(19-4)15(9-12)10-13(2)14(3)11-18-16-6-7-16/h5,8-9,13-14,16,18H,6-7,10-11H2,1-4H3. The van der Waals surface area contributed by atoms with Crippen LogP contribution in [-0.4, -0.2) is 19.7 Å². The van der Waals surface area contributed by atoms with Gasteiger partial charge in [0, 0.05) is 6.04 Å². The van der Waals surface area contributed by atoms with E-state index in [9.17, 15) is 0 Å². The van der Waals surface area contributed by atoms with E-state index < -0.39 is 0 Å². The Morgan fingerprint density at radius 2 is 2.00 bits per heavy atom. The van der Waals surface area contributed by atoms with Crippen LogP contribution in [0.1, 0.15) is 37.8 Å². The van der Waals surface area contributed by atoms with Gasteiger partial charge in [0.2, 0.25) is 0 Å². The molecule has 1 aromatic carbocycles. The van der Waals surface area contributed by atoms with Gasteiger partial charge in [0.1, 0.15) is 5.75 Å². The summed E-state index contributed by atoms with van der Waals surface area (Å²) in [7, 11) is 1.76. The lowest BCUT2D eigenvalue weighted by Gasteiger charge is -2.21. The quantitative estimate of drug-likeness (QED) is 0.810. The molecule has 2 atom stereocenters. The Morgan fingerprint density at radius 1 is 1.26 bits per heavy atom. The van der Waals surface area contributed by atoms with Gasteiger partial charge in [-0.25, -0.2) is 0 Å². The SMILES string of the molecule is COc1ccc(C)cc1CC(C)C(C)CNC1CC1. The molecule has 2 heteroatoms. The molecule has 2 rings (SSSR count). The maximum atomic E-state index is 5.47. The molecule has 0 aliphatic heterocycles. The Labute approximate surface area is 117 Å². The minimum Gasteiger partial charge on any atom is -0.496 e. The van der Waals surface area contributed by atoms with Crippen LogP contribution in [-0.2, 0) is 6.42 Å². The van der Waals surface area contributed by atoms with E-state index in [1.54, 1.807) is 7.11 Å². The minimum absolute atomic E-state index is 0.668. The molecule has 1 saturated carbocycles. The Kier molecular flexibility index (Phi) is 4.87. The second-order valence-electron chi connectivity index (χ2n) is 6.16. The van der Waals surface area contributed by atoms with Crippen LogP contribution in [0, 0.1) is 18.8 Å². The van der Waals surface area contributed by atoms with Crippen molar-refractivity contribution >= 4 is 0 Å². The van der Waals surface area contributed by atoms with Crippen LogP contribution in [0.25, 0.3) is 0 Å². The molecule has 0 saturated heterocycles. The summed E-state index contributed by atoms with van der Waals surface area (Å²) in [5, 5.41) is 3.63. The van der Waals surface area contributed by atoms with Gasteiger partial charge in [-0.05, 0) is 56.2 Å². The predicted molar refractivity (Wildman–Crippen MR) is 80.8 cm³/mol. The van der Waals surface area contributed by atoms with Crippen LogP contribution >= 0.6 is 0 Å². The first-order valence-corrected chi connectivity index (χ1v) is 7.47. The van der Waals surface area contributed by atoms with E-state index in [1.807, 2.05) is 0 Å². The van der Waals surface area contributed by atoms with E-state index in [1.165, 1.54) is 24.0 Å². The molecule has 0 bridgehead atoms. The van der Waals surface area contributed by atoms with E-state index in [4.69, 9.17) is 4.74 Å². The number of methoxy groups -OCH3 is 1. The number of nitrogens with one attached hydrogen (secondary N) is 1. The van der Waals surface area contributed by atoms with Crippen molar-refractivity contribution in [3.8, 4) is 5.75 Å². The van der Waals surface area contributed by atoms with Crippen LogP contribution < -0.4 is 10.1 Å². The van der Waals surface area contributed by atoms with Crippen LogP contribution in [0.3, 0.4) is 0 Å². The summed E-state index contributed by atoms with van der Waals surface area (Å²) in [6.45, 7) is 7.98. The summed E-state index contributed by atoms with van der Waals surface area (Å²) >= 11 is 0. The second kappa shape index (κ2) is 6.42. The molecule has 19 heavy (non-hydrogen) atoms. The van der Waals surface area contributed by atoms with Gasteiger partial charge in [0.25, 0.3) is 0 Å². The first-order chi connectivity index (χ1) is 9.10. The fourth-order valence-corrected chi connectivity index (χ4v) is 2.46. The monoisotopic (exact) mass is 261 g/mol. The lowest BCUT2D eigenvalue weighted by molar-refractivity contribution is 0.354. The fourth-order valence-electron chi connectivity index (χ4n) is 2.46. The number of aryl methyl sites for hydroxylation is 1. The van der Waals surface area contributed by atoms with Gasteiger partial charge in [-0.2, -0.15) is 0 Å². The third-order valence-corrected chi connectivity index (χ3v) is 4.26. The van der Waals surface area contributed by atoms with E-state index >= 15 is 0 Å². The average Bonchev–Trinajstić information content (AvgIpc) is 3.20. The Morgan fingerprint density at radius 3 is 2.63 bits per heavy atom. The van der Waals surface area contributed by atoms with Gasteiger partial charge in [-0.1, -0.05) is 31.5 Å². The zero-order valence-electron chi connectivity index (χ0n) is 12.7. The molecule has 1 N–H and O–H groups in total. The van der Waals surface area contributed by atoms with Crippen molar-refractivity contribution in [1.29, 1.82) is 0 Å². The third kappa shape index (κ3) is 4.24. The normalized spacial score (nSPS) is 18.1. The largest absolute Gasteiger partial charge is 0.496 e.